The molecule has 19 heavy (non-hydrogen) atoms. The number of pyridine rings is 1. The molecule has 1 unspecified atom stereocenters. The average molecular weight is 254 g/mol. The van der Waals surface area contributed by atoms with E-state index in [-0.39, 0.29) is 5.92 Å². The SMILES string of the molecule is CC(C)C1(N)CC(N)=NC=C1C#Cc1cccnc1. The van der Waals surface area contributed by atoms with Gasteiger partial charge >= 0.3 is 0 Å². The first-order chi connectivity index (χ1) is 9.02. The van der Waals surface area contributed by atoms with Gasteiger partial charge in [-0.3, -0.25) is 4.98 Å². The van der Waals surface area contributed by atoms with Gasteiger partial charge in [-0.1, -0.05) is 25.7 Å². The fraction of sp³-hybridized carbons (Fsp3) is 0.333. The van der Waals surface area contributed by atoms with E-state index in [9.17, 15) is 0 Å². The molecule has 4 nitrogen and oxygen atoms in total. The lowest BCUT2D eigenvalue weighted by atomic mass is 9.77. The van der Waals surface area contributed by atoms with E-state index in [2.05, 4.69) is 35.7 Å². The van der Waals surface area contributed by atoms with Crippen molar-refractivity contribution in [3.05, 3.63) is 41.9 Å². The minimum atomic E-state index is -0.541. The minimum absolute atomic E-state index is 0.232. The Morgan fingerprint density at radius 3 is 2.79 bits per heavy atom. The van der Waals surface area contributed by atoms with Gasteiger partial charge in [0.2, 0.25) is 0 Å². The Morgan fingerprint density at radius 1 is 1.37 bits per heavy atom. The van der Waals surface area contributed by atoms with Crippen molar-refractivity contribution in [2.24, 2.45) is 22.4 Å². The summed E-state index contributed by atoms with van der Waals surface area (Å²) in [5, 5.41) is 0. The molecule has 98 valence electrons. The predicted molar refractivity (Wildman–Crippen MR) is 77.2 cm³/mol. The van der Waals surface area contributed by atoms with Gasteiger partial charge in [0, 0.05) is 36.2 Å². The third kappa shape index (κ3) is 2.83. The lowest BCUT2D eigenvalue weighted by Crippen LogP contribution is -2.50. The van der Waals surface area contributed by atoms with Crippen LogP contribution in [0.3, 0.4) is 0 Å². The van der Waals surface area contributed by atoms with Crippen LogP contribution in [0, 0.1) is 17.8 Å². The average Bonchev–Trinajstić information content (AvgIpc) is 2.39. The van der Waals surface area contributed by atoms with E-state index in [1.807, 2.05) is 12.1 Å². The number of aromatic nitrogens is 1. The van der Waals surface area contributed by atoms with Gasteiger partial charge in [-0.25, -0.2) is 4.99 Å². The van der Waals surface area contributed by atoms with Crippen LogP contribution in [-0.4, -0.2) is 16.4 Å². The maximum absolute atomic E-state index is 6.45. The Morgan fingerprint density at radius 2 is 2.16 bits per heavy atom. The van der Waals surface area contributed by atoms with Gasteiger partial charge in [0.1, 0.15) is 5.84 Å². The maximum atomic E-state index is 6.45. The molecule has 0 saturated carbocycles. The van der Waals surface area contributed by atoms with E-state index < -0.39 is 5.54 Å². The number of hydrogen-bond acceptors (Lipinski definition) is 4. The number of nitrogens with zero attached hydrogens (tertiary/aromatic N) is 2. The highest BCUT2D eigenvalue weighted by Crippen LogP contribution is 2.29. The standard InChI is InChI=1S/C15H18N4/c1-11(2)15(17)8-14(16)19-10-13(15)6-5-12-4-3-7-18-9-12/h3-4,7,9-11H,8,17H2,1-2H3,(H2,16,19). The van der Waals surface area contributed by atoms with Crippen molar-refractivity contribution < 1.29 is 0 Å². The summed E-state index contributed by atoms with van der Waals surface area (Å²) in [6.07, 6.45) is 5.67. The summed E-state index contributed by atoms with van der Waals surface area (Å²) in [6, 6.07) is 3.77. The number of rotatable bonds is 1. The van der Waals surface area contributed by atoms with Crippen molar-refractivity contribution in [2.45, 2.75) is 25.8 Å². The zero-order chi connectivity index (χ0) is 13.9. The molecular weight excluding hydrogens is 236 g/mol. The molecule has 1 aromatic rings. The molecule has 0 saturated heterocycles. The van der Waals surface area contributed by atoms with Crippen LogP contribution in [0.5, 0.6) is 0 Å². The second kappa shape index (κ2) is 5.25. The zero-order valence-corrected chi connectivity index (χ0v) is 11.2. The third-order valence-electron chi connectivity index (χ3n) is 3.37. The summed E-state index contributed by atoms with van der Waals surface area (Å²) < 4.78 is 0. The van der Waals surface area contributed by atoms with Gasteiger partial charge in [-0.15, -0.1) is 0 Å². The second-order valence-corrected chi connectivity index (χ2v) is 5.03. The number of hydrogen-bond donors (Lipinski definition) is 2. The monoisotopic (exact) mass is 254 g/mol. The molecule has 2 rings (SSSR count). The fourth-order valence-corrected chi connectivity index (χ4v) is 1.95. The fourth-order valence-electron chi connectivity index (χ4n) is 1.95. The lowest BCUT2D eigenvalue weighted by Gasteiger charge is -2.35. The van der Waals surface area contributed by atoms with Gasteiger partial charge in [0.25, 0.3) is 0 Å². The Labute approximate surface area is 113 Å². The molecule has 0 bridgehead atoms. The number of aliphatic imine (C=N–C) groups is 1. The van der Waals surface area contributed by atoms with Crippen molar-refractivity contribution in [3.63, 3.8) is 0 Å². The predicted octanol–water partition coefficient (Wildman–Crippen LogP) is 1.43. The van der Waals surface area contributed by atoms with Gasteiger partial charge in [0.05, 0.1) is 5.54 Å². The van der Waals surface area contributed by atoms with Gasteiger partial charge in [0.15, 0.2) is 0 Å². The minimum Gasteiger partial charge on any atom is -0.387 e. The Hall–Kier alpha value is -2.12. The van der Waals surface area contributed by atoms with Crippen LogP contribution in [-0.2, 0) is 0 Å². The molecule has 1 atom stereocenters. The van der Waals surface area contributed by atoms with E-state index in [0.29, 0.717) is 12.3 Å². The summed E-state index contributed by atoms with van der Waals surface area (Å²) in [6.45, 7) is 4.14. The molecule has 1 aliphatic rings. The van der Waals surface area contributed by atoms with E-state index in [1.54, 1.807) is 18.6 Å². The van der Waals surface area contributed by atoms with E-state index in [1.165, 1.54) is 0 Å². The van der Waals surface area contributed by atoms with Crippen molar-refractivity contribution >= 4 is 5.84 Å². The molecule has 0 radical (unpaired) electrons. The van der Waals surface area contributed by atoms with E-state index in [0.717, 1.165) is 11.1 Å². The summed E-state index contributed by atoms with van der Waals surface area (Å²) >= 11 is 0. The summed E-state index contributed by atoms with van der Waals surface area (Å²) in [5.74, 6) is 6.97. The molecule has 0 amide bonds. The Kier molecular flexibility index (Phi) is 3.68. The topological polar surface area (TPSA) is 77.3 Å². The second-order valence-electron chi connectivity index (χ2n) is 5.03. The van der Waals surface area contributed by atoms with Crippen LogP contribution in [0.1, 0.15) is 25.8 Å². The summed E-state index contributed by atoms with van der Waals surface area (Å²) in [7, 11) is 0. The molecular formula is C15H18N4. The smallest absolute Gasteiger partial charge is 0.101 e. The largest absolute Gasteiger partial charge is 0.387 e. The maximum Gasteiger partial charge on any atom is 0.101 e. The highest BCUT2D eigenvalue weighted by Gasteiger charge is 2.35. The Balaban J connectivity index is 2.35. The van der Waals surface area contributed by atoms with Crippen molar-refractivity contribution in [2.75, 3.05) is 0 Å². The summed E-state index contributed by atoms with van der Waals surface area (Å²) in [5.41, 5.74) is 13.4. The quantitative estimate of drug-likeness (QED) is 0.744. The van der Waals surface area contributed by atoms with Crippen LogP contribution < -0.4 is 11.5 Å². The molecule has 0 aliphatic carbocycles. The number of nitrogens with two attached hydrogens (primary N) is 2. The molecule has 1 aromatic heterocycles. The first-order valence-electron chi connectivity index (χ1n) is 6.26. The number of amidine groups is 1. The molecule has 0 spiro atoms. The van der Waals surface area contributed by atoms with Gasteiger partial charge in [-0.2, -0.15) is 0 Å². The van der Waals surface area contributed by atoms with Crippen molar-refractivity contribution in [1.82, 2.24) is 4.98 Å². The highest BCUT2D eigenvalue weighted by molar-refractivity contribution is 5.84. The van der Waals surface area contributed by atoms with Crippen molar-refractivity contribution in [1.29, 1.82) is 0 Å². The van der Waals surface area contributed by atoms with Gasteiger partial charge < -0.3 is 11.5 Å². The molecule has 4 heteroatoms. The first-order valence-corrected chi connectivity index (χ1v) is 6.26. The first kappa shape index (κ1) is 13.3. The van der Waals surface area contributed by atoms with Crippen LogP contribution in [0.15, 0.2) is 41.3 Å². The normalized spacial score (nSPS) is 22.3. The van der Waals surface area contributed by atoms with Crippen LogP contribution in [0.2, 0.25) is 0 Å². The van der Waals surface area contributed by atoms with Crippen LogP contribution in [0.25, 0.3) is 0 Å². The molecule has 2 heterocycles. The molecule has 0 fully saturated rings. The van der Waals surface area contributed by atoms with Gasteiger partial charge in [-0.05, 0) is 18.1 Å². The van der Waals surface area contributed by atoms with E-state index >= 15 is 0 Å². The Bertz CT molecular complexity index is 575. The zero-order valence-electron chi connectivity index (χ0n) is 11.2. The molecule has 1 aliphatic heterocycles. The summed E-state index contributed by atoms with van der Waals surface area (Å²) in [4.78, 5) is 8.17. The van der Waals surface area contributed by atoms with Crippen molar-refractivity contribution in [3.8, 4) is 11.8 Å². The van der Waals surface area contributed by atoms with Crippen LogP contribution in [0.4, 0.5) is 0 Å². The molecule has 0 aromatic carbocycles. The molecule has 4 N–H and O–H groups in total. The lowest BCUT2D eigenvalue weighted by molar-refractivity contribution is 0.379. The highest BCUT2D eigenvalue weighted by atomic mass is 14.9. The van der Waals surface area contributed by atoms with E-state index in [4.69, 9.17) is 11.5 Å². The third-order valence-corrected chi connectivity index (χ3v) is 3.37. The van der Waals surface area contributed by atoms with Crippen LogP contribution >= 0.6 is 0 Å².